The molecular formula is C13H16N4O. The Hall–Kier alpha value is -1.88. The molecular weight excluding hydrogens is 228 g/mol. The molecule has 0 unspecified atom stereocenters. The van der Waals surface area contributed by atoms with Crippen LogP contribution < -0.4 is 4.90 Å². The number of aromatic nitrogens is 3. The number of morpholine rings is 1. The van der Waals surface area contributed by atoms with Crippen LogP contribution in [-0.2, 0) is 11.3 Å². The first-order valence-electron chi connectivity index (χ1n) is 6.18. The van der Waals surface area contributed by atoms with E-state index in [0.717, 1.165) is 38.7 Å². The third-order valence-corrected chi connectivity index (χ3v) is 3.05. The van der Waals surface area contributed by atoms with Gasteiger partial charge in [0.25, 0.3) is 0 Å². The lowest BCUT2D eigenvalue weighted by molar-refractivity contribution is 0.122. The Kier molecular flexibility index (Phi) is 3.23. The largest absolute Gasteiger partial charge is 0.378 e. The summed E-state index contributed by atoms with van der Waals surface area (Å²) in [5.74, 6) is 0.939. The van der Waals surface area contributed by atoms with Crippen molar-refractivity contribution in [2.45, 2.75) is 6.54 Å². The topological polar surface area (TPSA) is 43.2 Å². The van der Waals surface area contributed by atoms with Gasteiger partial charge in [-0.15, -0.1) is 5.10 Å². The van der Waals surface area contributed by atoms with E-state index in [4.69, 9.17) is 4.74 Å². The highest BCUT2D eigenvalue weighted by molar-refractivity contribution is 5.35. The Morgan fingerprint density at radius 2 is 1.89 bits per heavy atom. The van der Waals surface area contributed by atoms with Gasteiger partial charge < -0.3 is 9.64 Å². The maximum absolute atomic E-state index is 5.33. The van der Waals surface area contributed by atoms with Crippen molar-refractivity contribution in [3.05, 3.63) is 42.1 Å². The van der Waals surface area contributed by atoms with Crippen LogP contribution in [0, 0.1) is 0 Å². The molecule has 0 aliphatic carbocycles. The molecule has 0 spiro atoms. The number of hydrogen-bond acceptors (Lipinski definition) is 4. The Balaban J connectivity index is 1.69. The van der Waals surface area contributed by atoms with Crippen LogP contribution in [0.25, 0.3) is 0 Å². The zero-order valence-electron chi connectivity index (χ0n) is 10.2. The van der Waals surface area contributed by atoms with Gasteiger partial charge in [-0.2, -0.15) is 0 Å². The van der Waals surface area contributed by atoms with Gasteiger partial charge in [0.1, 0.15) is 0 Å². The van der Waals surface area contributed by atoms with Crippen molar-refractivity contribution in [1.82, 2.24) is 15.0 Å². The molecule has 0 saturated carbocycles. The fourth-order valence-electron chi connectivity index (χ4n) is 2.07. The lowest BCUT2D eigenvalue weighted by Crippen LogP contribution is -2.36. The molecule has 0 amide bonds. The van der Waals surface area contributed by atoms with E-state index in [1.54, 1.807) is 0 Å². The van der Waals surface area contributed by atoms with Gasteiger partial charge in [-0.25, -0.2) is 4.68 Å². The number of ether oxygens (including phenoxy) is 1. The minimum Gasteiger partial charge on any atom is -0.378 e. The Labute approximate surface area is 106 Å². The standard InChI is InChI=1S/C13H16N4O/c1-2-4-12(5-3-1)10-17-11-13(14-15-17)16-6-8-18-9-7-16/h1-5,11H,6-10H2. The van der Waals surface area contributed by atoms with Gasteiger partial charge in [0.15, 0.2) is 5.82 Å². The molecule has 1 aromatic carbocycles. The molecule has 1 aromatic heterocycles. The summed E-state index contributed by atoms with van der Waals surface area (Å²) >= 11 is 0. The van der Waals surface area contributed by atoms with Crippen molar-refractivity contribution >= 4 is 5.82 Å². The van der Waals surface area contributed by atoms with E-state index >= 15 is 0 Å². The second kappa shape index (κ2) is 5.18. The number of nitrogens with zero attached hydrogens (tertiary/aromatic N) is 4. The molecule has 5 nitrogen and oxygen atoms in total. The molecule has 1 fully saturated rings. The van der Waals surface area contributed by atoms with Gasteiger partial charge >= 0.3 is 0 Å². The highest BCUT2D eigenvalue weighted by Crippen LogP contribution is 2.11. The van der Waals surface area contributed by atoms with E-state index in [-0.39, 0.29) is 0 Å². The molecule has 0 N–H and O–H groups in total. The highest BCUT2D eigenvalue weighted by atomic mass is 16.5. The van der Waals surface area contributed by atoms with Crippen LogP contribution >= 0.6 is 0 Å². The molecule has 1 saturated heterocycles. The molecule has 2 aromatic rings. The first kappa shape index (κ1) is 11.2. The van der Waals surface area contributed by atoms with Crippen molar-refractivity contribution in [2.24, 2.45) is 0 Å². The van der Waals surface area contributed by atoms with E-state index < -0.39 is 0 Å². The third-order valence-electron chi connectivity index (χ3n) is 3.05. The van der Waals surface area contributed by atoms with Crippen LogP contribution in [0.1, 0.15) is 5.56 Å². The van der Waals surface area contributed by atoms with Crippen molar-refractivity contribution in [1.29, 1.82) is 0 Å². The maximum Gasteiger partial charge on any atom is 0.171 e. The van der Waals surface area contributed by atoms with Crippen molar-refractivity contribution < 1.29 is 4.74 Å². The Bertz CT molecular complexity index is 491. The fraction of sp³-hybridized carbons (Fsp3) is 0.385. The molecule has 1 aliphatic rings. The van der Waals surface area contributed by atoms with E-state index in [1.165, 1.54) is 5.56 Å². The summed E-state index contributed by atoms with van der Waals surface area (Å²) in [5.41, 5.74) is 1.23. The van der Waals surface area contributed by atoms with Crippen LogP contribution in [0.2, 0.25) is 0 Å². The highest BCUT2D eigenvalue weighted by Gasteiger charge is 2.14. The third kappa shape index (κ3) is 2.51. The average Bonchev–Trinajstić information content (AvgIpc) is 2.89. The fourth-order valence-corrected chi connectivity index (χ4v) is 2.07. The Morgan fingerprint density at radius 3 is 2.67 bits per heavy atom. The molecule has 5 heteroatoms. The number of rotatable bonds is 3. The molecule has 0 radical (unpaired) electrons. The van der Waals surface area contributed by atoms with E-state index in [2.05, 4.69) is 27.3 Å². The predicted octanol–water partition coefficient (Wildman–Crippen LogP) is 1.16. The van der Waals surface area contributed by atoms with Gasteiger partial charge in [0, 0.05) is 13.1 Å². The summed E-state index contributed by atoms with van der Waals surface area (Å²) in [7, 11) is 0. The normalized spacial score (nSPS) is 15.9. The minimum absolute atomic E-state index is 0.762. The first-order valence-corrected chi connectivity index (χ1v) is 6.18. The SMILES string of the molecule is c1ccc(Cn2cc(N3CCOCC3)nn2)cc1. The molecule has 2 heterocycles. The summed E-state index contributed by atoms with van der Waals surface area (Å²) in [6, 6.07) is 10.3. The molecule has 1 aliphatic heterocycles. The van der Waals surface area contributed by atoms with E-state index in [1.807, 2.05) is 29.1 Å². The minimum atomic E-state index is 0.762. The number of anilines is 1. The van der Waals surface area contributed by atoms with Crippen LogP contribution in [0.4, 0.5) is 5.82 Å². The molecule has 0 bridgehead atoms. The summed E-state index contributed by atoms with van der Waals surface area (Å²) < 4.78 is 7.20. The summed E-state index contributed by atoms with van der Waals surface area (Å²) in [5, 5.41) is 8.39. The number of hydrogen-bond donors (Lipinski definition) is 0. The lowest BCUT2D eigenvalue weighted by Gasteiger charge is -2.25. The zero-order valence-corrected chi connectivity index (χ0v) is 10.2. The smallest absolute Gasteiger partial charge is 0.171 e. The van der Waals surface area contributed by atoms with Gasteiger partial charge in [0.05, 0.1) is 26.0 Å². The van der Waals surface area contributed by atoms with Gasteiger partial charge in [0.2, 0.25) is 0 Å². The molecule has 18 heavy (non-hydrogen) atoms. The Morgan fingerprint density at radius 1 is 1.11 bits per heavy atom. The van der Waals surface area contributed by atoms with E-state index in [0.29, 0.717) is 0 Å². The molecule has 3 rings (SSSR count). The summed E-state index contributed by atoms with van der Waals surface area (Å²) in [6.07, 6.45) is 2.00. The predicted molar refractivity (Wildman–Crippen MR) is 68.6 cm³/mol. The van der Waals surface area contributed by atoms with Crippen LogP contribution in [0.15, 0.2) is 36.5 Å². The quantitative estimate of drug-likeness (QED) is 0.812. The van der Waals surface area contributed by atoms with Crippen molar-refractivity contribution in [2.75, 3.05) is 31.2 Å². The lowest BCUT2D eigenvalue weighted by atomic mass is 10.2. The van der Waals surface area contributed by atoms with Crippen molar-refractivity contribution in [3.63, 3.8) is 0 Å². The summed E-state index contributed by atoms with van der Waals surface area (Å²) in [4.78, 5) is 2.21. The maximum atomic E-state index is 5.33. The molecule has 0 atom stereocenters. The first-order chi connectivity index (χ1) is 8.92. The second-order valence-corrected chi connectivity index (χ2v) is 4.36. The van der Waals surface area contributed by atoms with Gasteiger partial charge in [-0.1, -0.05) is 35.5 Å². The van der Waals surface area contributed by atoms with Crippen LogP contribution in [0.5, 0.6) is 0 Å². The van der Waals surface area contributed by atoms with Gasteiger partial charge in [-0.05, 0) is 5.56 Å². The number of benzene rings is 1. The summed E-state index contributed by atoms with van der Waals surface area (Å²) in [6.45, 7) is 4.09. The van der Waals surface area contributed by atoms with Crippen molar-refractivity contribution in [3.8, 4) is 0 Å². The van der Waals surface area contributed by atoms with Gasteiger partial charge in [-0.3, -0.25) is 0 Å². The second-order valence-electron chi connectivity index (χ2n) is 4.36. The average molecular weight is 244 g/mol. The van der Waals surface area contributed by atoms with Crippen LogP contribution in [0.3, 0.4) is 0 Å². The zero-order chi connectivity index (χ0) is 12.2. The van der Waals surface area contributed by atoms with Crippen LogP contribution in [-0.4, -0.2) is 41.3 Å². The molecule has 94 valence electrons. The van der Waals surface area contributed by atoms with E-state index in [9.17, 15) is 0 Å². The monoisotopic (exact) mass is 244 g/mol.